The number of rotatable bonds is 4. The number of halogens is 4. The summed E-state index contributed by atoms with van der Waals surface area (Å²) in [6.07, 6.45) is -5.43. The van der Waals surface area contributed by atoms with Crippen molar-refractivity contribution >= 4 is 18.5 Å². The molecule has 1 aromatic rings. The zero-order valence-corrected chi connectivity index (χ0v) is 10.6. The van der Waals surface area contributed by atoms with Crippen LogP contribution in [0.25, 0.3) is 0 Å². The standard InChI is InChI=1S/C11H13F3N2O2.ClH/c12-11(13,14)8-3-1-2-7(4-8)5-9(15)6-16-10(17)18;/h1-4,9,16H,5-6,15H2,(H,17,18);1H/t9-;/m1./s1. The van der Waals surface area contributed by atoms with Gasteiger partial charge in [0.15, 0.2) is 0 Å². The fourth-order valence-corrected chi connectivity index (χ4v) is 1.47. The second kappa shape index (κ2) is 7.20. The van der Waals surface area contributed by atoms with Crippen molar-refractivity contribution in [3.63, 3.8) is 0 Å². The van der Waals surface area contributed by atoms with Gasteiger partial charge in [0.2, 0.25) is 0 Å². The molecule has 1 rings (SSSR count). The molecule has 4 N–H and O–H groups in total. The van der Waals surface area contributed by atoms with Crippen molar-refractivity contribution in [3.05, 3.63) is 35.4 Å². The Labute approximate surface area is 114 Å². The normalized spacial score (nSPS) is 12.4. The molecule has 0 saturated carbocycles. The first kappa shape index (κ1) is 17.5. The second-order valence-corrected chi connectivity index (χ2v) is 3.85. The SMILES string of the molecule is Cl.N[C@@H](CNC(=O)O)Cc1cccc(C(F)(F)F)c1. The Morgan fingerprint density at radius 1 is 1.42 bits per heavy atom. The zero-order valence-electron chi connectivity index (χ0n) is 9.78. The third-order valence-corrected chi connectivity index (χ3v) is 2.27. The number of alkyl halides is 3. The Bertz CT molecular complexity index is 427. The average Bonchev–Trinajstić information content (AvgIpc) is 2.25. The van der Waals surface area contributed by atoms with E-state index in [-0.39, 0.29) is 25.4 Å². The lowest BCUT2D eigenvalue weighted by Gasteiger charge is -2.13. The number of hydrogen-bond donors (Lipinski definition) is 3. The summed E-state index contributed by atoms with van der Waals surface area (Å²) < 4.78 is 37.3. The molecule has 1 atom stereocenters. The minimum absolute atomic E-state index is 0. The van der Waals surface area contributed by atoms with Crippen LogP contribution in [0.4, 0.5) is 18.0 Å². The van der Waals surface area contributed by atoms with Gasteiger partial charge in [-0.25, -0.2) is 4.79 Å². The van der Waals surface area contributed by atoms with E-state index in [0.29, 0.717) is 5.56 Å². The van der Waals surface area contributed by atoms with E-state index in [9.17, 15) is 18.0 Å². The summed E-state index contributed by atoms with van der Waals surface area (Å²) in [6.45, 7) is -0.00835. The van der Waals surface area contributed by atoms with Gasteiger partial charge in [-0.05, 0) is 18.1 Å². The fourth-order valence-electron chi connectivity index (χ4n) is 1.47. The topological polar surface area (TPSA) is 75.3 Å². The Morgan fingerprint density at radius 3 is 2.58 bits per heavy atom. The van der Waals surface area contributed by atoms with E-state index < -0.39 is 23.9 Å². The van der Waals surface area contributed by atoms with E-state index in [2.05, 4.69) is 5.32 Å². The van der Waals surface area contributed by atoms with Crippen molar-refractivity contribution in [1.82, 2.24) is 5.32 Å². The van der Waals surface area contributed by atoms with Crippen LogP contribution in [0.1, 0.15) is 11.1 Å². The van der Waals surface area contributed by atoms with Crippen molar-refractivity contribution in [1.29, 1.82) is 0 Å². The van der Waals surface area contributed by atoms with Gasteiger partial charge in [0.1, 0.15) is 0 Å². The summed E-state index contributed by atoms with van der Waals surface area (Å²) in [7, 11) is 0. The van der Waals surface area contributed by atoms with Crippen LogP contribution >= 0.6 is 12.4 Å². The molecule has 0 heterocycles. The highest BCUT2D eigenvalue weighted by atomic mass is 35.5. The smallest absolute Gasteiger partial charge is 0.416 e. The van der Waals surface area contributed by atoms with Gasteiger partial charge in [0.25, 0.3) is 0 Å². The molecular formula is C11H14ClF3N2O2. The number of hydrogen-bond acceptors (Lipinski definition) is 2. The molecular weight excluding hydrogens is 285 g/mol. The van der Waals surface area contributed by atoms with E-state index in [4.69, 9.17) is 10.8 Å². The third kappa shape index (κ3) is 6.30. The van der Waals surface area contributed by atoms with Gasteiger partial charge in [-0.1, -0.05) is 18.2 Å². The van der Waals surface area contributed by atoms with Crippen LogP contribution in [-0.4, -0.2) is 23.8 Å². The van der Waals surface area contributed by atoms with Crippen LogP contribution in [0.5, 0.6) is 0 Å². The summed E-state index contributed by atoms with van der Waals surface area (Å²) in [6, 6.07) is 4.25. The van der Waals surface area contributed by atoms with Crippen molar-refractivity contribution < 1.29 is 23.1 Å². The van der Waals surface area contributed by atoms with Gasteiger partial charge < -0.3 is 16.2 Å². The number of amides is 1. The number of carbonyl (C=O) groups is 1. The maximum atomic E-state index is 12.4. The average molecular weight is 299 g/mol. The molecule has 0 aromatic heterocycles. The fraction of sp³-hybridized carbons (Fsp3) is 0.364. The molecule has 0 saturated heterocycles. The molecule has 19 heavy (non-hydrogen) atoms. The molecule has 4 nitrogen and oxygen atoms in total. The molecule has 0 aliphatic rings. The highest BCUT2D eigenvalue weighted by Gasteiger charge is 2.30. The van der Waals surface area contributed by atoms with Crippen LogP contribution < -0.4 is 11.1 Å². The number of benzene rings is 1. The molecule has 0 spiro atoms. The molecule has 1 aromatic carbocycles. The van der Waals surface area contributed by atoms with Crippen molar-refractivity contribution in [3.8, 4) is 0 Å². The van der Waals surface area contributed by atoms with E-state index in [0.717, 1.165) is 12.1 Å². The molecule has 0 unspecified atom stereocenters. The monoisotopic (exact) mass is 298 g/mol. The van der Waals surface area contributed by atoms with Crippen molar-refractivity contribution in [2.24, 2.45) is 5.73 Å². The Kier molecular flexibility index (Phi) is 6.64. The summed E-state index contributed by atoms with van der Waals surface area (Å²) in [5.74, 6) is 0. The Morgan fingerprint density at radius 2 is 2.05 bits per heavy atom. The first-order valence-electron chi connectivity index (χ1n) is 5.17. The molecule has 108 valence electrons. The molecule has 0 bridgehead atoms. The summed E-state index contributed by atoms with van der Waals surface area (Å²) in [4.78, 5) is 10.2. The molecule has 0 aliphatic carbocycles. The van der Waals surface area contributed by atoms with Gasteiger partial charge in [-0.2, -0.15) is 13.2 Å². The van der Waals surface area contributed by atoms with Crippen LogP contribution in [0.15, 0.2) is 24.3 Å². The lowest BCUT2D eigenvalue weighted by Crippen LogP contribution is -2.37. The molecule has 0 fully saturated rings. The summed E-state index contributed by atoms with van der Waals surface area (Å²) in [5, 5.41) is 10.4. The number of nitrogens with two attached hydrogens (primary N) is 1. The maximum Gasteiger partial charge on any atom is 0.416 e. The van der Waals surface area contributed by atoms with Crippen molar-refractivity contribution in [2.45, 2.75) is 18.6 Å². The predicted molar refractivity (Wildman–Crippen MR) is 66.4 cm³/mol. The van der Waals surface area contributed by atoms with E-state index in [1.54, 1.807) is 0 Å². The first-order chi connectivity index (χ1) is 8.29. The van der Waals surface area contributed by atoms with Gasteiger partial charge in [0, 0.05) is 12.6 Å². The minimum Gasteiger partial charge on any atom is -0.465 e. The maximum absolute atomic E-state index is 12.4. The van der Waals surface area contributed by atoms with Crippen LogP contribution in [-0.2, 0) is 12.6 Å². The molecule has 0 radical (unpaired) electrons. The summed E-state index contributed by atoms with van der Waals surface area (Å²) in [5.41, 5.74) is 5.29. The molecule has 0 aliphatic heterocycles. The van der Waals surface area contributed by atoms with Gasteiger partial charge >= 0.3 is 12.3 Å². The van der Waals surface area contributed by atoms with Crippen LogP contribution in [0.2, 0.25) is 0 Å². The summed E-state index contributed by atoms with van der Waals surface area (Å²) >= 11 is 0. The number of carboxylic acid groups (broad SMARTS) is 1. The quantitative estimate of drug-likeness (QED) is 0.798. The van der Waals surface area contributed by atoms with E-state index >= 15 is 0 Å². The third-order valence-electron chi connectivity index (χ3n) is 2.27. The van der Waals surface area contributed by atoms with Crippen molar-refractivity contribution in [2.75, 3.05) is 6.54 Å². The largest absolute Gasteiger partial charge is 0.465 e. The Hall–Kier alpha value is -1.47. The Balaban J connectivity index is 0.00000324. The van der Waals surface area contributed by atoms with E-state index in [1.165, 1.54) is 12.1 Å². The zero-order chi connectivity index (χ0) is 13.8. The minimum atomic E-state index is -4.39. The first-order valence-corrected chi connectivity index (χ1v) is 5.17. The predicted octanol–water partition coefficient (Wildman–Crippen LogP) is 2.26. The van der Waals surface area contributed by atoms with Gasteiger partial charge in [0.05, 0.1) is 5.56 Å². The van der Waals surface area contributed by atoms with Gasteiger partial charge in [-0.15, -0.1) is 12.4 Å². The second-order valence-electron chi connectivity index (χ2n) is 3.85. The van der Waals surface area contributed by atoms with Crippen LogP contribution in [0, 0.1) is 0 Å². The lowest BCUT2D eigenvalue weighted by atomic mass is 10.0. The van der Waals surface area contributed by atoms with Crippen LogP contribution in [0.3, 0.4) is 0 Å². The number of nitrogens with one attached hydrogen (secondary N) is 1. The van der Waals surface area contributed by atoms with Gasteiger partial charge in [-0.3, -0.25) is 0 Å². The highest BCUT2D eigenvalue weighted by molar-refractivity contribution is 5.85. The molecule has 8 heteroatoms. The highest BCUT2D eigenvalue weighted by Crippen LogP contribution is 2.29. The molecule has 1 amide bonds. The lowest BCUT2D eigenvalue weighted by molar-refractivity contribution is -0.137. The van der Waals surface area contributed by atoms with E-state index in [1.807, 2.05) is 0 Å².